The van der Waals surface area contributed by atoms with Crippen LogP contribution in [0.4, 0.5) is 0 Å². The number of methoxy groups -OCH3 is 2. The maximum Gasteiger partial charge on any atom is 0.320 e. The Bertz CT molecular complexity index is 1110. The number of carbonyl (C=O) groups is 1. The molecule has 1 aromatic carbocycles. The molecule has 0 spiro atoms. The summed E-state index contributed by atoms with van der Waals surface area (Å²) in [6.45, 7) is 4.37. The number of rotatable bonds is 10. The normalized spacial score (nSPS) is 19.6. The lowest BCUT2D eigenvalue weighted by molar-refractivity contribution is -0.144. The Balaban J connectivity index is 1.68. The van der Waals surface area contributed by atoms with Gasteiger partial charge < -0.3 is 23.9 Å². The first-order chi connectivity index (χ1) is 17.0. The van der Waals surface area contributed by atoms with Crippen LogP contribution in [0.3, 0.4) is 0 Å². The molecule has 1 fully saturated rings. The van der Waals surface area contributed by atoms with Gasteiger partial charge in [-0.1, -0.05) is 13.3 Å². The number of ether oxygens (including phenoxy) is 3. The maximum absolute atomic E-state index is 13.2. The first-order valence-corrected chi connectivity index (χ1v) is 12.5. The second kappa shape index (κ2) is 11.3. The molecule has 0 saturated carbocycles. The lowest BCUT2D eigenvalue weighted by Crippen LogP contribution is -2.44. The standard InChI is InChI=1S/C27H36N2O6/c1-4-20-12-18-13-26(35-11-7-10-33-2)25(34-3)14-21(18)23-15-24(30)19(17-29(20)23)16-28-9-6-5-8-22(28)27(31)32/h13-15,17,20,22H,4-12,16H2,1-3H3,(H,31,32). The number of piperidine rings is 1. The van der Waals surface area contributed by atoms with Crippen LogP contribution in [-0.4, -0.2) is 60.6 Å². The fourth-order valence-electron chi connectivity index (χ4n) is 5.27. The number of carboxylic acids is 1. The van der Waals surface area contributed by atoms with E-state index in [1.54, 1.807) is 20.3 Å². The molecular weight excluding hydrogens is 448 g/mol. The molecule has 2 aliphatic heterocycles. The van der Waals surface area contributed by atoms with Crippen molar-refractivity contribution in [3.8, 4) is 22.8 Å². The van der Waals surface area contributed by atoms with Crippen molar-refractivity contribution in [2.75, 3.05) is 34.0 Å². The van der Waals surface area contributed by atoms with Gasteiger partial charge in [0.2, 0.25) is 0 Å². The van der Waals surface area contributed by atoms with Gasteiger partial charge in [-0.2, -0.15) is 0 Å². The minimum absolute atomic E-state index is 0.0625. The van der Waals surface area contributed by atoms with Gasteiger partial charge >= 0.3 is 5.97 Å². The molecule has 0 aliphatic carbocycles. The summed E-state index contributed by atoms with van der Waals surface area (Å²) < 4.78 is 18.9. The lowest BCUT2D eigenvalue weighted by atomic mass is 9.90. The molecule has 0 amide bonds. The Kier molecular flexibility index (Phi) is 8.13. The molecule has 8 nitrogen and oxygen atoms in total. The zero-order valence-electron chi connectivity index (χ0n) is 20.9. The van der Waals surface area contributed by atoms with Gasteiger partial charge in [-0.15, -0.1) is 0 Å². The maximum atomic E-state index is 13.2. The highest BCUT2D eigenvalue weighted by molar-refractivity contribution is 5.73. The number of aromatic nitrogens is 1. The van der Waals surface area contributed by atoms with E-state index >= 15 is 0 Å². The minimum atomic E-state index is -0.810. The van der Waals surface area contributed by atoms with Gasteiger partial charge in [-0.05, 0) is 49.9 Å². The molecule has 35 heavy (non-hydrogen) atoms. The number of hydrogen-bond acceptors (Lipinski definition) is 6. The van der Waals surface area contributed by atoms with Crippen LogP contribution in [0.5, 0.6) is 11.5 Å². The highest BCUT2D eigenvalue weighted by atomic mass is 16.5. The molecule has 3 heterocycles. The number of benzene rings is 1. The van der Waals surface area contributed by atoms with Crippen LogP contribution in [0, 0.1) is 0 Å². The summed E-state index contributed by atoms with van der Waals surface area (Å²) in [6.07, 6.45) is 6.95. The largest absolute Gasteiger partial charge is 0.493 e. The van der Waals surface area contributed by atoms with Gasteiger partial charge in [0.15, 0.2) is 16.9 Å². The molecule has 2 atom stereocenters. The van der Waals surface area contributed by atoms with E-state index in [-0.39, 0.29) is 11.5 Å². The third kappa shape index (κ3) is 5.38. The van der Waals surface area contributed by atoms with Crippen LogP contribution in [0.2, 0.25) is 0 Å². The van der Waals surface area contributed by atoms with E-state index in [1.807, 2.05) is 23.2 Å². The van der Waals surface area contributed by atoms with E-state index in [0.29, 0.717) is 49.8 Å². The summed E-state index contributed by atoms with van der Waals surface area (Å²) >= 11 is 0. The average Bonchev–Trinajstić information content (AvgIpc) is 2.86. The van der Waals surface area contributed by atoms with Crippen molar-refractivity contribution in [1.82, 2.24) is 9.47 Å². The molecule has 1 N–H and O–H groups in total. The third-order valence-electron chi connectivity index (χ3n) is 7.17. The van der Waals surface area contributed by atoms with E-state index < -0.39 is 12.0 Å². The summed E-state index contributed by atoms with van der Waals surface area (Å²) in [5, 5.41) is 9.64. The Labute approximate surface area is 206 Å². The molecule has 0 bridgehead atoms. The predicted molar refractivity (Wildman–Crippen MR) is 133 cm³/mol. The molecule has 190 valence electrons. The van der Waals surface area contributed by atoms with Gasteiger partial charge in [0.25, 0.3) is 0 Å². The Morgan fingerprint density at radius 1 is 1.14 bits per heavy atom. The summed E-state index contributed by atoms with van der Waals surface area (Å²) in [7, 11) is 3.29. The Morgan fingerprint density at radius 2 is 1.97 bits per heavy atom. The lowest BCUT2D eigenvalue weighted by Gasteiger charge is -2.34. The monoisotopic (exact) mass is 484 g/mol. The van der Waals surface area contributed by atoms with Gasteiger partial charge in [0.05, 0.1) is 19.4 Å². The van der Waals surface area contributed by atoms with Crippen molar-refractivity contribution in [2.45, 2.75) is 64.1 Å². The second-order valence-electron chi connectivity index (χ2n) is 9.40. The van der Waals surface area contributed by atoms with Crippen LogP contribution >= 0.6 is 0 Å². The van der Waals surface area contributed by atoms with Crippen molar-refractivity contribution >= 4 is 5.97 Å². The number of likely N-dealkylation sites (tertiary alicyclic amines) is 1. The zero-order chi connectivity index (χ0) is 24.9. The highest BCUT2D eigenvalue weighted by Crippen LogP contribution is 2.41. The summed E-state index contributed by atoms with van der Waals surface area (Å²) in [5.74, 6) is 0.529. The molecule has 4 rings (SSSR count). The second-order valence-corrected chi connectivity index (χ2v) is 9.40. The van der Waals surface area contributed by atoms with Crippen LogP contribution in [0.15, 0.2) is 29.2 Å². The molecule has 1 saturated heterocycles. The van der Waals surface area contributed by atoms with Crippen LogP contribution in [-0.2, 0) is 22.5 Å². The third-order valence-corrected chi connectivity index (χ3v) is 7.17. The predicted octanol–water partition coefficient (Wildman–Crippen LogP) is 3.89. The molecule has 1 aromatic heterocycles. The van der Waals surface area contributed by atoms with E-state index in [4.69, 9.17) is 14.2 Å². The fourth-order valence-corrected chi connectivity index (χ4v) is 5.27. The summed E-state index contributed by atoms with van der Waals surface area (Å²) in [5.41, 5.74) is 3.56. The van der Waals surface area contributed by atoms with Crippen molar-refractivity contribution in [3.05, 3.63) is 45.7 Å². The highest BCUT2D eigenvalue weighted by Gasteiger charge is 2.30. The quantitative estimate of drug-likeness (QED) is 0.512. The molecule has 0 radical (unpaired) electrons. The van der Waals surface area contributed by atoms with Crippen molar-refractivity contribution in [1.29, 1.82) is 0 Å². The average molecular weight is 485 g/mol. The number of fused-ring (bicyclic) bond motifs is 3. The van der Waals surface area contributed by atoms with Crippen molar-refractivity contribution in [3.63, 3.8) is 0 Å². The first kappa shape index (κ1) is 25.3. The smallest absolute Gasteiger partial charge is 0.320 e. The molecule has 2 aromatic rings. The van der Waals surface area contributed by atoms with E-state index in [9.17, 15) is 14.7 Å². The molecule has 2 aliphatic rings. The number of carboxylic acid groups (broad SMARTS) is 1. The zero-order valence-corrected chi connectivity index (χ0v) is 20.9. The van der Waals surface area contributed by atoms with E-state index in [0.717, 1.165) is 48.9 Å². The van der Waals surface area contributed by atoms with Crippen LogP contribution in [0.1, 0.15) is 56.2 Å². The SMILES string of the molecule is CCC1Cc2cc(OCCCOC)c(OC)cc2-c2cc(=O)c(CN3CCCCC3C(=O)O)cn21. The fraction of sp³-hybridized carbons (Fsp3) is 0.556. The molecule has 2 unspecified atom stereocenters. The molecule has 8 heteroatoms. The number of hydrogen-bond donors (Lipinski definition) is 1. The van der Waals surface area contributed by atoms with Gasteiger partial charge in [0.1, 0.15) is 6.04 Å². The summed E-state index contributed by atoms with van der Waals surface area (Å²) in [4.78, 5) is 26.9. The van der Waals surface area contributed by atoms with Crippen LogP contribution < -0.4 is 14.9 Å². The van der Waals surface area contributed by atoms with Crippen LogP contribution in [0.25, 0.3) is 11.3 Å². The van der Waals surface area contributed by atoms with E-state index in [1.165, 1.54) is 0 Å². The van der Waals surface area contributed by atoms with Gasteiger partial charge in [-0.3, -0.25) is 14.5 Å². The van der Waals surface area contributed by atoms with E-state index in [2.05, 4.69) is 11.5 Å². The van der Waals surface area contributed by atoms with Crippen molar-refractivity contribution < 1.29 is 24.1 Å². The van der Waals surface area contributed by atoms with Gasteiger partial charge in [0, 0.05) is 56.1 Å². The topological polar surface area (TPSA) is 90.2 Å². The summed E-state index contributed by atoms with van der Waals surface area (Å²) in [6, 6.07) is 5.37. The van der Waals surface area contributed by atoms with Crippen molar-refractivity contribution in [2.24, 2.45) is 0 Å². The number of aliphatic carboxylic acids is 1. The number of nitrogens with zero attached hydrogens (tertiary/aromatic N) is 2. The number of pyridine rings is 1. The molecular formula is C27H36N2O6. The Morgan fingerprint density at radius 3 is 2.69 bits per heavy atom. The minimum Gasteiger partial charge on any atom is -0.493 e. The Hall–Kier alpha value is -2.84. The van der Waals surface area contributed by atoms with Gasteiger partial charge in [-0.25, -0.2) is 0 Å². The first-order valence-electron chi connectivity index (χ1n) is 12.5.